The SMILES string of the molecule is CCOc1c(NCCC2CN(C(=O)/C=C/c3ccc(Cl)cc3Cn3nnc(C)n3)CCO2)c(=O)c1=O.CCOc1c(OCC)c(=O)c1=O. The van der Waals surface area contributed by atoms with Crippen molar-refractivity contribution in [2.24, 2.45) is 0 Å². The van der Waals surface area contributed by atoms with Gasteiger partial charge in [0.1, 0.15) is 5.69 Å². The molecule has 256 valence electrons. The van der Waals surface area contributed by atoms with Crippen molar-refractivity contribution in [3.63, 3.8) is 0 Å². The van der Waals surface area contributed by atoms with Gasteiger partial charge in [0.25, 0.3) is 21.7 Å². The number of nitrogens with zero attached hydrogens (tertiary/aromatic N) is 5. The Morgan fingerprint density at radius 3 is 2.27 bits per heavy atom. The molecule has 1 saturated heterocycles. The number of amides is 1. The van der Waals surface area contributed by atoms with E-state index in [9.17, 15) is 24.0 Å². The van der Waals surface area contributed by atoms with Gasteiger partial charge in [-0.15, -0.1) is 10.2 Å². The van der Waals surface area contributed by atoms with Crippen LogP contribution < -0.4 is 41.2 Å². The molecule has 0 spiro atoms. The molecule has 1 aliphatic heterocycles. The van der Waals surface area contributed by atoms with Crippen molar-refractivity contribution in [2.75, 3.05) is 51.4 Å². The normalized spacial score (nSPS) is 14.6. The minimum Gasteiger partial charge on any atom is -0.488 e. The van der Waals surface area contributed by atoms with Crippen LogP contribution in [0.2, 0.25) is 5.02 Å². The number of tetrazole rings is 1. The first-order chi connectivity index (χ1) is 23.1. The van der Waals surface area contributed by atoms with Gasteiger partial charge in [-0.25, -0.2) is 0 Å². The molecule has 1 unspecified atom stereocenters. The lowest BCUT2D eigenvalue weighted by atomic mass is 10.1. The summed E-state index contributed by atoms with van der Waals surface area (Å²) in [7, 11) is 0. The van der Waals surface area contributed by atoms with Crippen molar-refractivity contribution in [3.05, 3.63) is 87.1 Å². The largest absolute Gasteiger partial charge is 0.488 e. The standard InChI is InChI=1S/C24H27ClN6O5.C8H10O4/c1-3-35-24-21(22(33)23(24)34)26-9-8-19-14-30(10-11-36-19)20(32)7-5-16-4-6-18(25)12-17(16)13-31-28-15(2)27-29-31;1-3-11-7-5(9)6(10)8(7)12-4-2/h4-7,12,19,26H,3,8-11,13-14H2,1-2H3;3-4H2,1-2H3/b7-5+;. The molecule has 2 heterocycles. The van der Waals surface area contributed by atoms with Gasteiger partial charge >= 0.3 is 0 Å². The molecule has 16 heteroatoms. The van der Waals surface area contributed by atoms with E-state index in [4.69, 9.17) is 30.5 Å². The molecule has 0 bridgehead atoms. The topological polar surface area (TPSA) is 181 Å². The molecule has 1 aliphatic rings. The third-order valence-electron chi connectivity index (χ3n) is 7.15. The maximum atomic E-state index is 12.9. The van der Waals surface area contributed by atoms with Crippen molar-refractivity contribution in [2.45, 2.75) is 46.8 Å². The Morgan fingerprint density at radius 1 is 1.00 bits per heavy atom. The van der Waals surface area contributed by atoms with Crippen LogP contribution in [0.1, 0.15) is 44.1 Å². The number of ether oxygens (including phenoxy) is 4. The van der Waals surface area contributed by atoms with Crippen molar-refractivity contribution in [3.8, 4) is 17.2 Å². The fraction of sp³-hybridized carbons (Fsp3) is 0.438. The molecular formula is C32H37ClN6O9. The first-order valence-corrected chi connectivity index (χ1v) is 15.9. The summed E-state index contributed by atoms with van der Waals surface area (Å²) in [5.74, 6) is 0.674. The Morgan fingerprint density at radius 2 is 1.65 bits per heavy atom. The fourth-order valence-corrected chi connectivity index (χ4v) is 5.04. The summed E-state index contributed by atoms with van der Waals surface area (Å²) < 4.78 is 20.8. The smallest absolute Gasteiger partial charge is 0.275 e. The lowest BCUT2D eigenvalue weighted by Gasteiger charge is -2.32. The van der Waals surface area contributed by atoms with Crippen LogP contribution in [0, 0.1) is 6.92 Å². The minimum absolute atomic E-state index is 0.0735. The minimum atomic E-state index is -0.603. The van der Waals surface area contributed by atoms with Crippen LogP contribution in [-0.2, 0) is 16.1 Å². The predicted molar refractivity (Wildman–Crippen MR) is 178 cm³/mol. The monoisotopic (exact) mass is 684 g/mol. The number of hydrogen-bond donors (Lipinski definition) is 1. The van der Waals surface area contributed by atoms with Crippen molar-refractivity contribution in [1.29, 1.82) is 0 Å². The van der Waals surface area contributed by atoms with Crippen LogP contribution >= 0.6 is 11.6 Å². The molecule has 15 nitrogen and oxygen atoms in total. The summed E-state index contributed by atoms with van der Waals surface area (Å²) >= 11 is 6.17. The van der Waals surface area contributed by atoms with E-state index >= 15 is 0 Å². The van der Waals surface area contributed by atoms with Gasteiger partial charge in [0.2, 0.25) is 17.4 Å². The first kappa shape index (κ1) is 36.0. The Balaban J connectivity index is 0.000000365. The maximum Gasteiger partial charge on any atom is 0.275 e. The number of carbonyl (C=O) groups is 1. The molecule has 4 aromatic rings. The number of carbonyl (C=O) groups excluding carboxylic acids is 1. The van der Waals surface area contributed by atoms with Crippen molar-refractivity contribution in [1.82, 2.24) is 25.1 Å². The highest BCUT2D eigenvalue weighted by atomic mass is 35.5. The summed E-state index contributed by atoms with van der Waals surface area (Å²) in [6.07, 6.45) is 3.65. The van der Waals surface area contributed by atoms with Crippen LogP contribution in [0.4, 0.5) is 5.69 Å². The highest BCUT2D eigenvalue weighted by molar-refractivity contribution is 6.30. The summed E-state index contributed by atoms with van der Waals surface area (Å²) in [6, 6.07) is 5.42. The quantitative estimate of drug-likeness (QED) is 0.149. The fourth-order valence-electron chi connectivity index (χ4n) is 4.85. The molecule has 0 saturated carbocycles. The second kappa shape index (κ2) is 16.8. The van der Waals surface area contributed by atoms with Crippen LogP contribution in [0.3, 0.4) is 0 Å². The van der Waals surface area contributed by atoms with E-state index in [0.29, 0.717) is 69.9 Å². The Bertz CT molecular complexity index is 1850. The Kier molecular flexibility index (Phi) is 12.6. The van der Waals surface area contributed by atoms with E-state index in [2.05, 4.69) is 20.7 Å². The van der Waals surface area contributed by atoms with Gasteiger partial charge in [-0.05, 0) is 68.7 Å². The summed E-state index contributed by atoms with van der Waals surface area (Å²) in [6.45, 7) is 10.1. The molecule has 3 aromatic carbocycles. The number of nitrogens with one attached hydrogen (secondary N) is 1. The summed E-state index contributed by atoms with van der Waals surface area (Å²) in [5, 5.41) is 15.6. The van der Waals surface area contributed by atoms with Crippen LogP contribution in [0.25, 0.3) is 6.08 Å². The molecule has 1 aromatic heterocycles. The number of benzene rings is 1. The van der Waals surface area contributed by atoms with Crippen LogP contribution in [0.15, 0.2) is 43.5 Å². The molecular weight excluding hydrogens is 648 g/mol. The number of halogens is 1. The lowest BCUT2D eigenvalue weighted by molar-refractivity contribution is -0.133. The van der Waals surface area contributed by atoms with Gasteiger partial charge in [-0.3, -0.25) is 24.0 Å². The number of aromatic nitrogens is 4. The zero-order chi connectivity index (χ0) is 34.8. The molecule has 1 atom stereocenters. The molecule has 1 N–H and O–H groups in total. The van der Waals surface area contributed by atoms with Crippen LogP contribution in [0.5, 0.6) is 17.2 Å². The summed E-state index contributed by atoms with van der Waals surface area (Å²) in [4.78, 5) is 61.1. The Hall–Kier alpha value is -4.89. The van der Waals surface area contributed by atoms with E-state index in [-0.39, 0.29) is 34.9 Å². The van der Waals surface area contributed by atoms with E-state index < -0.39 is 21.7 Å². The van der Waals surface area contributed by atoms with Gasteiger partial charge in [-0.1, -0.05) is 17.7 Å². The van der Waals surface area contributed by atoms with E-state index in [1.165, 1.54) is 10.9 Å². The zero-order valence-corrected chi connectivity index (χ0v) is 27.9. The highest BCUT2D eigenvalue weighted by Gasteiger charge is 2.26. The molecule has 0 aliphatic carbocycles. The van der Waals surface area contributed by atoms with Gasteiger partial charge in [-0.2, -0.15) is 4.80 Å². The number of rotatable bonds is 14. The van der Waals surface area contributed by atoms with Gasteiger partial charge in [0, 0.05) is 30.7 Å². The first-order valence-electron chi connectivity index (χ1n) is 15.5. The van der Waals surface area contributed by atoms with E-state index in [0.717, 1.165) is 11.1 Å². The van der Waals surface area contributed by atoms with E-state index in [1.54, 1.807) is 44.7 Å². The van der Waals surface area contributed by atoms with Crippen molar-refractivity contribution < 1.29 is 23.7 Å². The van der Waals surface area contributed by atoms with E-state index in [1.807, 2.05) is 12.1 Å². The lowest BCUT2D eigenvalue weighted by Crippen LogP contribution is -2.45. The van der Waals surface area contributed by atoms with Crippen molar-refractivity contribution >= 4 is 29.3 Å². The van der Waals surface area contributed by atoms with Gasteiger partial charge in [0.15, 0.2) is 11.6 Å². The second-order valence-corrected chi connectivity index (χ2v) is 11.0. The maximum absolute atomic E-state index is 12.9. The summed E-state index contributed by atoms with van der Waals surface area (Å²) in [5.41, 5.74) is -0.437. The second-order valence-electron chi connectivity index (χ2n) is 10.5. The molecule has 48 heavy (non-hydrogen) atoms. The van der Waals surface area contributed by atoms with Crippen LogP contribution in [-0.4, -0.2) is 83.2 Å². The number of morpholine rings is 1. The molecule has 0 radical (unpaired) electrons. The zero-order valence-electron chi connectivity index (χ0n) is 27.1. The molecule has 5 rings (SSSR count). The highest BCUT2D eigenvalue weighted by Crippen LogP contribution is 2.21. The number of aryl methyl sites for hydroxylation is 1. The third kappa shape index (κ3) is 8.72. The van der Waals surface area contributed by atoms with Gasteiger partial charge in [0.05, 0.1) is 39.1 Å². The predicted octanol–water partition coefficient (Wildman–Crippen LogP) is 1.50. The number of hydrogen-bond acceptors (Lipinski definition) is 13. The molecule has 1 amide bonds. The average Bonchev–Trinajstić information content (AvgIpc) is 3.51. The third-order valence-corrected chi connectivity index (χ3v) is 7.39. The average molecular weight is 685 g/mol. The number of anilines is 1. The van der Waals surface area contributed by atoms with Gasteiger partial charge < -0.3 is 29.2 Å². The molecule has 1 fully saturated rings. The Labute approximate surface area is 280 Å².